The van der Waals surface area contributed by atoms with Gasteiger partial charge in [0.15, 0.2) is 0 Å². The number of aromatic nitrogens is 3. The first kappa shape index (κ1) is 5.41. The Kier molecular flexibility index (Phi) is 0.974. The summed E-state index contributed by atoms with van der Waals surface area (Å²) in [6.07, 6.45) is 5.46. The van der Waals surface area contributed by atoms with E-state index in [2.05, 4.69) is 16.3 Å². The molecule has 3 nitrogen and oxygen atoms in total. The molecule has 50 valence electrons. The molecule has 0 aliphatic carbocycles. The second kappa shape index (κ2) is 1.80. The number of fused-ring (bicyclic) bond motifs is 1. The topological polar surface area (TPSA) is 30.2 Å². The van der Waals surface area contributed by atoms with Crippen LogP contribution in [0.1, 0.15) is 5.56 Å². The lowest BCUT2D eigenvalue weighted by Crippen LogP contribution is -1.85. The first-order valence-electron chi connectivity index (χ1n) is 3.11. The standard InChI is InChI=1S/C7H7N3/c1-6-2-7-3-8-9-5-10(7)4-6/h2-5H,1H3. The van der Waals surface area contributed by atoms with Gasteiger partial charge in [0.2, 0.25) is 0 Å². The molecule has 0 amide bonds. The average Bonchev–Trinajstić information content (AvgIpc) is 2.27. The third kappa shape index (κ3) is 0.673. The van der Waals surface area contributed by atoms with Gasteiger partial charge in [0, 0.05) is 6.20 Å². The zero-order chi connectivity index (χ0) is 6.97. The molecule has 2 heterocycles. The maximum atomic E-state index is 3.76. The number of hydrogen-bond donors (Lipinski definition) is 0. The normalized spacial score (nSPS) is 10.5. The second-order valence-corrected chi connectivity index (χ2v) is 2.33. The van der Waals surface area contributed by atoms with Gasteiger partial charge < -0.3 is 4.40 Å². The average molecular weight is 133 g/mol. The monoisotopic (exact) mass is 133 g/mol. The van der Waals surface area contributed by atoms with Crippen molar-refractivity contribution in [3.05, 3.63) is 30.4 Å². The van der Waals surface area contributed by atoms with Crippen molar-refractivity contribution < 1.29 is 0 Å². The lowest BCUT2D eigenvalue weighted by atomic mass is 10.4. The minimum Gasteiger partial charge on any atom is -0.304 e. The molecular weight excluding hydrogens is 126 g/mol. The Labute approximate surface area is 58.3 Å². The minimum atomic E-state index is 1.09. The zero-order valence-electron chi connectivity index (χ0n) is 5.65. The lowest BCUT2D eigenvalue weighted by molar-refractivity contribution is 0.949. The molecule has 0 atom stereocenters. The van der Waals surface area contributed by atoms with Gasteiger partial charge in [0.25, 0.3) is 0 Å². The van der Waals surface area contributed by atoms with Crippen molar-refractivity contribution in [2.75, 3.05) is 0 Å². The smallest absolute Gasteiger partial charge is 0.122 e. The Morgan fingerprint density at radius 1 is 1.40 bits per heavy atom. The molecule has 10 heavy (non-hydrogen) atoms. The molecule has 0 saturated carbocycles. The summed E-state index contributed by atoms with van der Waals surface area (Å²) in [6.45, 7) is 2.05. The number of aryl methyl sites for hydroxylation is 1. The van der Waals surface area contributed by atoms with Gasteiger partial charge in [-0.2, -0.15) is 5.10 Å². The first-order chi connectivity index (χ1) is 4.86. The van der Waals surface area contributed by atoms with Crippen LogP contribution in [0.25, 0.3) is 5.52 Å². The van der Waals surface area contributed by atoms with Crippen LogP contribution < -0.4 is 0 Å². The fourth-order valence-electron chi connectivity index (χ4n) is 1.02. The molecule has 0 aliphatic rings. The quantitative estimate of drug-likeness (QED) is 0.537. The molecule has 2 aromatic rings. The van der Waals surface area contributed by atoms with E-state index in [-0.39, 0.29) is 0 Å². The van der Waals surface area contributed by atoms with E-state index < -0.39 is 0 Å². The summed E-state index contributed by atoms with van der Waals surface area (Å²) in [5, 5.41) is 7.49. The van der Waals surface area contributed by atoms with Crippen LogP contribution in [-0.4, -0.2) is 14.6 Å². The van der Waals surface area contributed by atoms with Crippen LogP contribution in [0.5, 0.6) is 0 Å². The van der Waals surface area contributed by atoms with E-state index in [4.69, 9.17) is 0 Å². The molecule has 0 radical (unpaired) electrons. The highest BCUT2D eigenvalue weighted by atomic mass is 15.1. The Morgan fingerprint density at radius 3 is 3.10 bits per heavy atom. The molecule has 2 aromatic heterocycles. The van der Waals surface area contributed by atoms with Gasteiger partial charge in [-0.15, -0.1) is 5.10 Å². The minimum absolute atomic E-state index is 1.09. The molecule has 2 rings (SSSR count). The molecule has 0 unspecified atom stereocenters. The van der Waals surface area contributed by atoms with Crippen LogP contribution >= 0.6 is 0 Å². The molecule has 0 saturated heterocycles. The van der Waals surface area contributed by atoms with Crippen LogP contribution in [-0.2, 0) is 0 Å². The van der Waals surface area contributed by atoms with Crippen molar-refractivity contribution in [3.63, 3.8) is 0 Å². The SMILES string of the molecule is Cc1cc2cnncn2c1. The van der Waals surface area contributed by atoms with Crippen LogP contribution in [0.2, 0.25) is 0 Å². The maximum absolute atomic E-state index is 3.76. The lowest BCUT2D eigenvalue weighted by Gasteiger charge is -1.86. The molecular formula is C7H7N3. The Bertz CT molecular complexity index is 317. The predicted octanol–water partition coefficient (Wildman–Crippen LogP) is 1.04. The molecule has 0 aromatic carbocycles. The van der Waals surface area contributed by atoms with Gasteiger partial charge >= 0.3 is 0 Å². The molecule has 0 N–H and O–H groups in total. The largest absolute Gasteiger partial charge is 0.304 e. The summed E-state index contributed by atoms with van der Waals surface area (Å²) in [7, 11) is 0. The van der Waals surface area contributed by atoms with E-state index in [1.54, 1.807) is 12.5 Å². The summed E-state index contributed by atoms with van der Waals surface area (Å²) in [5.41, 5.74) is 2.32. The molecule has 0 aliphatic heterocycles. The van der Waals surface area contributed by atoms with Crippen LogP contribution in [0.4, 0.5) is 0 Å². The van der Waals surface area contributed by atoms with E-state index in [1.165, 1.54) is 5.56 Å². The highest BCUT2D eigenvalue weighted by molar-refractivity contribution is 5.46. The van der Waals surface area contributed by atoms with E-state index in [0.29, 0.717) is 0 Å². The van der Waals surface area contributed by atoms with E-state index in [9.17, 15) is 0 Å². The fourth-order valence-corrected chi connectivity index (χ4v) is 1.02. The van der Waals surface area contributed by atoms with Gasteiger partial charge in [-0.05, 0) is 18.6 Å². The van der Waals surface area contributed by atoms with Gasteiger partial charge in [-0.25, -0.2) is 0 Å². The summed E-state index contributed by atoms with van der Waals surface area (Å²) in [4.78, 5) is 0. The summed E-state index contributed by atoms with van der Waals surface area (Å²) in [5.74, 6) is 0. The second-order valence-electron chi connectivity index (χ2n) is 2.33. The molecule has 0 spiro atoms. The van der Waals surface area contributed by atoms with E-state index in [0.717, 1.165) is 5.52 Å². The van der Waals surface area contributed by atoms with Crippen molar-refractivity contribution in [1.29, 1.82) is 0 Å². The fraction of sp³-hybridized carbons (Fsp3) is 0.143. The Morgan fingerprint density at radius 2 is 2.30 bits per heavy atom. The van der Waals surface area contributed by atoms with Gasteiger partial charge in [-0.1, -0.05) is 0 Å². The van der Waals surface area contributed by atoms with E-state index >= 15 is 0 Å². The number of rotatable bonds is 0. The van der Waals surface area contributed by atoms with Crippen LogP contribution in [0.15, 0.2) is 24.8 Å². The predicted molar refractivity (Wildman–Crippen MR) is 37.7 cm³/mol. The van der Waals surface area contributed by atoms with Crippen molar-refractivity contribution in [3.8, 4) is 0 Å². The zero-order valence-corrected chi connectivity index (χ0v) is 5.65. The molecule has 0 fully saturated rings. The van der Waals surface area contributed by atoms with Crippen molar-refractivity contribution >= 4 is 5.52 Å². The van der Waals surface area contributed by atoms with Crippen molar-refractivity contribution in [2.45, 2.75) is 6.92 Å². The number of hydrogen-bond acceptors (Lipinski definition) is 2. The van der Waals surface area contributed by atoms with Crippen LogP contribution in [0.3, 0.4) is 0 Å². The van der Waals surface area contributed by atoms with Crippen molar-refractivity contribution in [2.24, 2.45) is 0 Å². The Hall–Kier alpha value is -1.38. The van der Waals surface area contributed by atoms with Gasteiger partial charge in [0.05, 0.1) is 11.7 Å². The molecule has 3 heteroatoms. The van der Waals surface area contributed by atoms with Crippen molar-refractivity contribution in [1.82, 2.24) is 14.6 Å². The summed E-state index contributed by atoms with van der Waals surface area (Å²) >= 11 is 0. The maximum Gasteiger partial charge on any atom is 0.122 e. The highest BCUT2D eigenvalue weighted by Crippen LogP contribution is 2.04. The van der Waals surface area contributed by atoms with E-state index in [1.807, 2.05) is 17.5 Å². The highest BCUT2D eigenvalue weighted by Gasteiger charge is 1.92. The van der Waals surface area contributed by atoms with Gasteiger partial charge in [0.1, 0.15) is 6.33 Å². The Balaban J connectivity index is 2.88. The van der Waals surface area contributed by atoms with Crippen LogP contribution in [0, 0.1) is 6.92 Å². The van der Waals surface area contributed by atoms with Gasteiger partial charge in [-0.3, -0.25) is 0 Å². The number of nitrogens with zero attached hydrogens (tertiary/aromatic N) is 3. The summed E-state index contributed by atoms with van der Waals surface area (Å²) in [6, 6.07) is 2.06. The third-order valence-corrected chi connectivity index (χ3v) is 1.45. The first-order valence-corrected chi connectivity index (χ1v) is 3.11. The summed E-state index contributed by atoms with van der Waals surface area (Å²) < 4.78 is 1.95. The molecule has 0 bridgehead atoms. The third-order valence-electron chi connectivity index (χ3n) is 1.45.